The lowest BCUT2D eigenvalue weighted by atomic mass is 10.1. The van der Waals surface area contributed by atoms with Gasteiger partial charge in [0.25, 0.3) is 5.69 Å². The molecule has 0 saturated heterocycles. The van der Waals surface area contributed by atoms with Gasteiger partial charge in [-0.2, -0.15) is 0 Å². The van der Waals surface area contributed by atoms with Gasteiger partial charge in [-0.15, -0.1) is 0 Å². The normalized spacial score (nSPS) is 10.8. The van der Waals surface area contributed by atoms with Crippen LogP contribution in [-0.4, -0.2) is 35.9 Å². The maximum absolute atomic E-state index is 13.9. The van der Waals surface area contributed by atoms with Gasteiger partial charge in [-0.3, -0.25) is 19.8 Å². The number of carbonyl (C=O) groups excluding carboxylic acids is 1. The Morgan fingerprint density at radius 2 is 1.93 bits per heavy atom. The molecule has 7 nitrogen and oxygen atoms in total. The Hall–Kier alpha value is -3.00. The van der Waals surface area contributed by atoms with Crippen molar-refractivity contribution in [1.29, 1.82) is 0 Å². The molecule has 8 heteroatoms. The Morgan fingerprint density at radius 1 is 1.25 bits per heavy atom. The van der Waals surface area contributed by atoms with Crippen LogP contribution in [0.3, 0.4) is 0 Å². The Labute approximate surface area is 163 Å². The van der Waals surface area contributed by atoms with E-state index in [0.717, 1.165) is 11.1 Å². The topological polar surface area (TPSA) is 84.7 Å². The third-order valence-electron chi connectivity index (χ3n) is 4.52. The Kier molecular flexibility index (Phi) is 7.06. The van der Waals surface area contributed by atoms with Crippen LogP contribution >= 0.6 is 0 Å². The standard InChI is InChI=1S/C20H24FN3O4/c1-5-23(11-15-6-7-19(28-4)16(21)10-15)12-20(25)22-17-8-13(2)14(3)9-18(17)24(26)27/h6-10H,5,11-12H2,1-4H3,(H,22,25). The summed E-state index contributed by atoms with van der Waals surface area (Å²) in [6.07, 6.45) is 0. The highest BCUT2D eigenvalue weighted by Gasteiger charge is 2.19. The summed E-state index contributed by atoms with van der Waals surface area (Å²) in [4.78, 5) is 25.0. The van der Waals surface area contributed by atoms with Crippen molar-refractivity contribution in [1.82, 2.24) is 4.90 Å². The van der Waals surface area contributed by atoms with Crippen LogP contribution in [0, 0.1) is 29.8 Å². The number of anilines is 1. The molecule has 150 valence electrons. The van der Waals surface area contributed by atoms with Crippen molar-refractivity contribution in [3.63, 3.8) is 0 Å². The largest absolute Gasteiger partial charge is 0.494 e. The van der Waals surface area contributed by atoms with E-state index >= 15 is 0 Å². The van der Waals surface area contributed by atoms with Crippen LogP contribution < -0.4 is 10.1 Å². The van der Waals surface area contributed by atoms with E-state index in [1.54, 1.807) is 19.1 Å². The van der Waals surface area contributed by atoms with E-state index in [4.69, 9.17) is 4.74 Å². The van der Waals surface area contributed by atoms with Gasteiger partial charge in [0.2, 0.25) is 5.91 Å². The van der Waals surface area contributed by atoms with Crippen molar-refractivity contribution in [3.8, 4) is 5.75 Å². The van der Waals surface area contributed by atoms with Gasteiger partial charge in [0, 0.05) is 12.6 Å². The zero-order valence-electron chi connectivity index (χ0n) is 16.4. The summed E-state index contributed by atoms with van der Waals surface area (Å²) in [7, 11) is 1.40. The van der Waals surface area contributed by atoms with Gasteiger partial charge in [0.15, 0.2) is 11.6 Å². The smallest absolute Gasteiger partial charge is 0.293 e. The molecule has 0 fully saturated rings. The molecule has 0 radical (unpaired) electrons. The first-order chi connectivity index (χ1) is 13.2. The highest BCUT2D eigenvalue weighted by Crippen LogP contribution is 2.28. The van der Waals surface area contributed by atoms with Gasteiger partial charge < -0.3 is 10.1 Å². The molecule has 1 N–H and O–H groups in total. The summed E-state index contributed by atoms with van der Waals surface area (Å²) in [5.74, 6) is -0.681. The molecule has 0 heterocycles. The fourth-order valence-electron chi connectivity index (χ4n) is 2.79. The third kappa shape index (κ3) is 5.26. The minimum atomic E-state index is -0.514. The third-order valence-corrected chi connectivity index (χ3v) is 4.52. The van der Waals surface area contributed by atoms with Gasteiger partial charge in [-0.05, 0) is 55.3 Å². The van der Waals surface area contributed by atoms with Crippen molar-refractivity contribution in [2.24, 2.45) is 0 Å². The van der Waals surface area contributed by atoms with Gasteiger partial charge in [-0.1, -0.05) is 13.0 Å². The quantitative estimate of drug-likeness (QED) is 0.548. The molecule has 0 aromatic heterocycles. The molecule has 2 aromatic carbocycles. The molecule has 28 heavy (non-hydrogen) atoms. The van der Waals surface area contributed by atoms with E-state index in [1.165, 1.54) is 25.3 Å². The molecule has 2 aromatic rings. The molecule has 1 amide bonds. The molecule has 0 bridgehead atoms. The number of hydrogen-bond acceptors (Lipinski definition) is 5. The van der Waals surface area contributed by atoms with Gasteiger partial charge in [0.05, 0.1) is 18.6 Å². The van der Waals surface area contributed by atoms with E-state index in [9.17, 15) is 19.3 Å². The summed E-state index contributed by atoms with van der Waals surface area (Å²) in [6.45, 7) is 6.42. The van der Waals surface area contributed by atoms with Gasteiger partial charge in [0.1, 0.15) is 5.69 Å². The van der Waals surface area contributed by atoms with Crippen LogP contribution in [0.5, 0.6) is 5.75 Å². The fourth-order valence-corrected chi connectivity index (χ4v) is 2.79. The first kappa shape index (κ1) is 21.3. The summed E-state index contributed by atoms with van der Waals surface area (Å²) in [6, 6.07) is 7.68. The van der Waals surface area contributed by atoms with Crippen LogP contribution in [0.4, 0.5) is 15.8 Å². The number of amides is 1. The van der Waals surface area contributed by atoms with E-state index in [0.29, 0.717) is 18.7 Å². The highest BCUT2D eigenvalue weighted by atomic mass is 19.1. The van der Waals surface area contributed by atoms with Crippen molar-refractivity contribution < 1.29 is 18.8 Å². The molecular formula is C20H24FN3O4. The van der Waals surface area contributed by atoms with E-state index in [-0.39, 0.29) is 29.6 Å². The number of hydrogen-bond donors (Lipinski definition) is 1. The Bertz CT molecular complexity index is 886. The minimum Gasteiger partial charge on any atom is -0.494 e. The van der Waals surface area contributed by atoms with Crippen LogP contribution in [0.25, 0.3) is 0 Å². The van der Waals surface area contributed by atoms with E-state index < -0.39 is 10.7 Å². The number of nitro groups is 1. The van der Waals surface area contributed by atoms with Crippen molar-refractivity contribution in [2.45, 2.75) is 27.3 Å². The number of methoxy groups -OCH3 is 1. The second kappa shape index (κ2) is 9.27. The van der Waals surface area contributed by atoms with Gasteiger partial charge >= 0.3 is 0 Å². The number of ether oxygens (including phenoxy) is 1. The molecule has 0 aliphatic heterocycles. The minimum absolute atomic E-state index is 0.0221. The number of nitrogens with zero attached hydrogens (tertiary/aromatic N) is 2. The van der Waals surface area contributed by atoms with Crippen molar-refractivity contribution in [2.75, 3.05) is 25.5 Å². The first-order valence-corrected chi connectivity index (χ1v) is 8.85. The van der Waals surface area contributed by atoms with E-state index in [2.05, 4.69) is 5.32 Å². The monoisotopic (exact) mass is 389 g/mol. The molecule has 0 atom stereocenters. The zero-order chi connectivity index (χ0) is 20.8. The zero-order valence-corrected chi connectivity index (χ0v) is 16.4. The number of aryl methyl sites for hydroxylation is 2. The fraction of sp³-hybridized carbons (Fsp3) is 0.350. The molecule has 2 rings (SSSR count). The predicted molar refractivity (Wildman–Crippen MR) is 105 cm³/mol. The molecule has 0 saturated carbocycles. The predicted octanol–water partition coefficient (Wildman–Crippen LogP) is 3.82. The van der Waals surface area contributed by atoms with E-state index in [1.807, 2.05) is 18.7 Å². The molecular weight excluding hydrogens is 365 g/mol. The van der Waals surface area contributed by atoms with Gasteiger partial charge in [-0.25, -0.2) is 4.39 Å². The van der Waals surface area contributed by atoms with Crippen LogP contribution in [0.2, 0.25) is 0 Å². The lowest BCUT2D eigenvalue weighted by molar-refractivity contribution is -0.384. The van der Waals surface area contributed by atoms with Crippen molar-refractivity contribution in [3.05, 3.63) is 63.0 Å². The molecule has 0 aliphatic rings. The Balaban J connectivity index is 2.09. The maximum Gasteiger partial charge on any atom is 0.293 e. The van der Waals surface area contributed by atoms with Crippen molar-refractivity contribution >= 4 is 17.3 Å². The summed E-state index contributed by atoms with van der Waals surface area (Å²) >= 11 is 0. The number of carbonyl (C=O) groups is 1. The van der Waals surface area contributed by atoms with Crippen LogP contribution in [0.1, 0.15) is 23.6 Å². The number of likely N-dealkylation sites (N-methyl/N-ethyl adjacent to an activating group) is 1. The lowest BCUT2D eigenvalue weighted by Crippen LogP contribution is -2.33. The molecule has 0 spiro atoms. The van der Waals surface area contributed by atoms with Crippen LogP contribution in [0.15, 0.2) is 30.3 Å². The summed E-state index contributed by atoms with van der Waals surface area (Å²) < 4.78 is 18.8. The second-order valence-corrected chi connectivity index (χ2v) is 6.53. The summed E-state index contributed by atoms with van der Waals surface area (Å²) in [5.41, 5.74) is 2.36. The average Bonchev–Trinajstić information content (AvgIpc) is 2.63. The number of halogens is 1. The van der Waals surface area contributed by atoms with Crippen LogP contribution in [-0.2, 0) is 11.3 Å². The average molecular weight is 389 g/mol. The second-order valence-electron chi connectivity index (χ2n) is 6.53. The maximum atomic E-state index is 13.9. The highest BCUT2D eigenvalue weighted by molar-refractivity contribution is 5.94. The number of nitrogens with one attached hydrogen (secondary N) is 1. The Morgan fingerprint density at radius 3 is 2.50 bits per heavy atom. The first-order valence-electron chi connectivity index (χ1n) is 8.85. The number of rotatable bonds is 8. The molecule has 0 aliphatic carbocycles. The number of nitro benzene ring substituents is 1. The summed E-state index contributed by atoms with van der Waals surface area (Å²) in [5, 5.41) is 13.9. The molecule has 0 unspecified atom stereocenters. The lowest BCUT2D eigenvalue weighted by Gasteiger charge is -2.20. The number of benzene rings is 2. The SMILES string of the molecule is CCN(CC(=O)Nc1cc(C)c(C)cc1[N+](=O)[O-])Cc1ccc(OC)c(F)c1.